The summed E-state index contributed by atoms with van der Waals surface area (Å²) in [4.78, 5) is 34.5. The number of unbranched alkanes of at least 4 members (excludes halogenated alkanes) is 16. The summed E-state index contributed by atoms with van der Waals surface area (Å²) in [6.45, 7) is 18.2. The molecule has 2 aliphatic rings. The highest BCUT2D eigenvalue weighted by Crippen LogP contribution is 2.21. The van der Waals surface area contributed by atoms with E-state index in [4.69, 9.17) is 9.47 Å². The maximum Gasteiger partial charge on any atom is 0.305 e. The zero-order valence-electron chi connectivity index (χ0n) is 40.1. The fourth-order valence-electron chi connectivity index (χ4n) is 7.81. The molecule has 0 radical (unpaired) electrons. The van der Waals surface area contributed by atoms with Crippen molar-refractivity contribution in [1.29, 1.82) is 0 Å². The highest BCUT2D eigenvalue weighted by Gasteiger charge is 2.18. The van der Waals surface area contributed by atoms with Crippen LogP contribution in [0.3, 0.4) is 0 Å². The van der Waals surface area contributed by atoms with Gasteiger partial charge in [0.15, 0.2) is 0 Å². The van der Waals surface area contributed by atoms with Gasteiger partial charge in [0, 0.05) is 103 Å². The van der Waals surface area contributed by atoms with Crippen LogP contribution in [0, 0.1) is 0 Å². The Bertz CT molecular complexity index is 1060. The zero-order chi connectivity index (χ0) is 44.2. The molecule has 0 atom stereocenters. The molecule has 62 heavy (non-hydrogen) atoms. The summed E-state index contributed by atoms with van der Waals surface area (Å²) in [6, 6.07) is 0. The van der Waals surface area contributed by atoms with Crippen LogP contribution in [0.2, 0.25) is 0 Å². The van der Waals surface area contributed by atoms with Gasteiger partial charge in [0.25, 0.3) is 0 Å². The fraction of sp³-hybridized carbons (Fsp3) is 0.808. The monoisotopic (exact) mass is 903 g/mol. The molecule has 2 saturated heterocycles. The van der Waals surface area contributed by atoms with Gasteiger partial charge in [0.05, 0.1) is 0 Å². The van der Waals surface area contributed by atoms with Crippen molar-refractivity contribution in [3.63, 3.8) is 0 Å². The summed E-state index contributed by atoms with van der Waals surface area (Å²) in [5.41, 5.74) is 0. The van der Waals surface area contributed by atoms with Crippen molar-refractivity contribution in [1.82, 2.24) is 19.6 Å². The van der Waals surface area contributed by atoms with E-state index in [0.717, 1.165) is 117 Å². The highest BCUT2D eigenvalue weighted by atomic mass is 33.1. The molecule has 0 N–H and O–H groups in total. The fourth-order valence-corrected chi connectivity index (χ4v) is 9.86. The Kier molecular flexibility index (Phi) is 39.5. The molecule has 2 aliphatic heterocycles. The van der Waals surface area contributed by atoms with Gasteiger partial charge in [-0.3, -0.25) is 29.2 Å². The number of carbonyl (C=O) groups is 2. The average molecular weight is 903 g/mol. The molecular formula is C52H94N4O4S2. The number of piperazine rings is 2. The van der Waals surface area contributed by atoms with Crippen molar-refractivity contribution in [3.05, 3.63) is 48.6 Å². The third-order valence-corrected chi connectivity index (χ3v) is 14.4. The number of allylic oxidation sites excluding steroid dienone is 8. The number of ether oxygens (including phenoxy) is 2. The summed E-state index contributed by atoms with van der Waals surface area (Å²) in [5, 5.41) is 0. The highest BCUT2D eigenvalue weighted by molar-refractivity contribution is 8.76. The number of carbonyl (C=O) groups excluding carboxylic acids is 2. The Balaban J connectivity index is 1.30. The number of nitrogens with zero attached hydrogens (tertiary/aromatic N) is 4. The second kappa shape index (κ2) is 43.3. The normalized spacial score (nSPS) is 16.2. The van der Waals surface area contributed by atoms with Gasteiger partial charge in [0.1, 0.15) is 13.2 Å². The van der Waals surface area contributed by atoms with E-state index in [1.165, 1.54) is 114 Å². The van der Waals surface area contributed by atoms with Crippen LogP contribution in [0.4, 0.5) is 0 Å². The van der Waals surface area contributed by atoms with Crippen molar-refractivity contribution in [2.24, 2.45) is 0 Å². The van der Waals surface area contributed by atoms with Gasteiger partial charge in [-0.2, -0.15) is 0 Å². The van der Waals surface area contributed by atoms with Crippen LogP contribution in [-0.4, -0.2) is 135 Å². The Morgan fingerprint density at radius 1 is 0.403 bits per heavy atom. The van der Waals surface area contributed by atoms with Gasteiger partial charge in [-0.05, 0) is 77.0 Å². The Morgan fingerprint density at radius 2 is 0.710 bits per heavy atom. The van der Waals surface area contributed by atoms with E-state index in [1.807, 2.05) is 21.6 Å². The Labute approximate surface area is 390 Å². The van der Waals surface area contributed by atoms with Crippen molar-refractivity contribution < 1.29 is 19.1 Å². The van der Waals surface area contributed by atoms with E-state index in [2.05, 4.69) is 82.1 Å². The molecule has 358 valence electrons. The van der Waals surface area contributed by atoms with Crippen LogP contribution < -0.4 is 0 Å². The maximum absolute atomic E-state index is 12.2. The first kappa shape index (κ1) is 56.6. The average Bonchev–Trinajstić information content (AvgIpc) is 3.28. The topological polar surface area (TPSA) is 65.6 Å². The lowest BCUT2D eigenvalue weighted by Gasteiger charge is -2.34. The molecule has 2 fully saturated rings. The third-order valence-electron chi connectivity index (χ3n) is 12.0. The molecule has 10 heteroatoms. The van der Waals surface area contributed by atoms with Crippen LogP contribution in [0.25, 0.3) is 0 Å². The lowest BCUT2D eigenvalue weighted by molar-refractivity contribution is -0.145. The first-order valence-corrected chi connectivity index (χ1v) is 28.1. The third kappa shape index (κ3) is 35.7. The minimum absolute atomic E-state index is 0.0287. The lowest BCUT2D eigenvalue weighted by atomic mass is 10.1. The molecule has 0 spiro atoms. The zero-order valence-corrected chi connectivity index (χ0v) is 41.8. The number of hydrogen-bond acceptors (Lipinski definition) is 10. The molecule has 2 rings (SSSR count). The minimum Gasteiger partial charge on any atom is -0.464 e. The van der Waals surface area contributed by atoms with Gasteiger partial charge in [-0.15, -0.1) is 0 Å². The minimum atomic E-state index is -0.0287. The quantitative estimate of drug-likeness (QED) is 0.0256. The molecule has 0 saturated carbocycles. The first-order chi connectivity index (χ1) is 30.6. The second-order valence-corrected chi connectivity index (χ2v) is 20.1. The number of rotatable bonds is 41. The van der Waals surface area contributed by atoms with Gasteiger partial charge in [-0.25, -0.2) is 0 Å². The molecule has 0 bridgehead atoms. The summed E-state index contributed by atoms with van der Waals surface area (Å²) >= 11 is 0. The van der Waals surface area contributed by atoms with E-state index in [0.29, 0.717) is 26.1 Å². The second-order valence-electron chi connectivity index (χ2n) is 17.4. The van der Waals surface area contributed by atoms with Crippen molar-refractivity contribution >= 4 is 33.5 Å². The van der Waals surface area contributed by atoms with E-state index in [1.54, 1.807) is 0 Å². The van der Waals surface area contributed by atoms with Crippen molar-refractivity contribution in [3.8, 4) is 0 Å². The molecule has 0 unspecified atom stereocenters. The molecule has 2 heterocycles. The van der Waals surface area contributed by atoms with Gasteiger partial charge >= 0.3 is 11.9 Å². The van der Waals surface area contributed by atoms with Crippen LogP contribution >= 0.6 is 21.6 Å². The van der Waals surface area contributed by atoms with Crippen LogP contribution in [0.5, 0.6) is 0 Å². The molecule has 0 amide bonds. The Morgan fingerprint density at radius 3 is 1.06 bits per heavy atom. The molecular weight excluding hydrogens is 809 g/mol. The standard InChI is InChI=1S/C52H94N4O4S2/c1-3-5-7-9-11-13-15-17-19-21-23-25-27-29-31-33-51(57)59-47-43-53-35-39-55(40-36-53)45-49-61-62-50-46-56-41-37-54(38-42-56)44-48-60-52(58)34-32-30-28-26-24-22-20-18-16-14-12-10-8-6-4-2/h11-14,17-20H,3-10,15-16,21-50H2,1-2H3/b13-11-,14-12-,19-17-,20-18-. The Hall–Kier alpha value is -1.56. The van der Waals surface area contributed by atoms with Crippen LogP contribution in [0.1, 0.15) is 168 Å². The first-order valence-electron chi connectivity index (χ1n) is 25.7. The van der Waals surface area contributed by atoms with Gasteiger partial charge < -0.3 is 9.47 Å². The number of hydrogen-bond donors (Lipinski definition) is 0. The maximum atomic E-state index is 12.2. The van der Waals surface area contributed by atoms with Crippen LogP contribution in [0.15, 0.2) is 48.6 Å². The van der Waals surface area contributed by atoms with E-state index in [-0.39, 0.29) is 11.9 Å². The summed E-state index contributed by atoms with van der Waals surface area (Å²) in [6.07, 6.45) is 45.9. The van der Waals surface area contributed by atoms with Gasteiger partial charge in [0.2, 0.25) is 0 Å². The molecule has 0 aromatic heterocycles. The van der Waals surface area contributed by atoms with E-state index < -0.39 is 0 Å². The predicted octanol–water partition coefficient (Wildman–Crippen LogP) is 12.3. The summed E-state index contributed by atoms with van der Waals surface area (Å²) in [5.74, 6) is 2.27. The van der Waals surface area contributed by atoms with Crippen molar-refractivity contribution in [2.75, 3.05) is 103 Å². The SMILES string of the molecule is CCCCC/C=C\C/C=C\CCCCCCCC(=O)OCCN1CCN(CCSSCCN2CCN(CCOC(=O)CCCCCCC/C=C\C/C=C\CCCCC)CC2)CC1. The van der Waals surface area contributed by atoms with Crippen molar-refractivity contribution in [2.45, 2.75) is 168 Å². The molecule has 0 aromatic rings. The smallest absolute Gasteiger partial charge is 0.305 e. The summed E-state index contributed by atoms with van der Waals surface area (Å²) < 4.78 is 11.1. The van der Waals surface area contributed by atoms with Gasteiger partial charge in [-0.1, -0.05) is 148 Å². The van der Waals surface area contributed by atoms with E-state index in [9.17, 15) is 9.59 Å². The molecule has 0 aliphatic carbocycles. The molecule has 0 aromatic carbocycles. The van der Waals surface area contributed by atoms with E-state index >= 15 is 0 Å². The largest absolute Gasteiger partial charge is 0.464 e. The lowest BCUT2D eigenvalue weighted by Crippen LogP contribution is -2.48. The number of esters is 2. The predicted molar refractivity (Wildman–Crippen MR) is 271 cm³/mol. The molecule has 8 nitrogen and oxygen atoms in total. The summed E-state index contributed by atoms with van der Waals surface area (Å²) in [7, 11) is 4.02. The van der Waals surface area contributed by atoms with Crippen LogP contribution in [-0.2, 0) is 19.1 Å².